The molecule has 7 heteroatoms. The van der Waals surface area contributed by atoms with Crippen molar-refractivity contribution in [3.63, 3.8) is 0 Å². The van der Waals surface area contributed by atoms with E-state index in [9.17, 15) is 4.79 Å². The number of rotatable bonds is 3. The summed E-state index contributed by atoms with van der Waals surface area (Å²) >= 11 is 0. The standard InChI is InChI=1S/C22H28N6O/c1-15(2)21-19(13-24-28(21)18-8-5-7-16(3)11-18)25-22(29)27-10-6-9-20-17(14-27)12-23-26(20)4/h5,7-8,11-13,15H,6,9-10,14H2,1-4H3,(H,25,29). The highest BCUT2D eigenvalue weighted by Gasteiger charge is 2.24. The van der Waals surface area contributed by atoms with Crippen molar-refractivity contribution >= 4 is 11.7 Å². The number of carbonyl (C=O) groups excluding carboxylic acids is 1. The fourth-order valence-corrected chi connectivity index (χ4v) is 4.03. The van der Waals surface area contributed by atoms with Crippen molar-refractivity contribution < 1.29 is 4.79 Å². The lowest BCUT2D eigenvalue weighted by Gasteiger charge is -2.21. The first kappa shape index (κ1) is 19.2. The molecule has 0 unspecified atom stereocenters. The van der Waals surface area contributed by atoms with E-state index >= 15 is 0 Å². The van der Waals surface area contributed by atoms with Crippen LogP contribution >= 0.6 is 0 Å². The zero-order valence-electron chi connectivity index (χ0n) is 17.5. The van der Waals surface area contributed by atoms with Crippen LogP contribution in [0.4, 0.5) is 10.5 Å². The summed E-state index contributed by atoms with van der Waals surface area (Å²) in [6, 6.07) is 8.14. The highest BCUT2D eigenvalue weighted by Crippen LogP contribution is 2.28. The van der Waals surface area contributed by atoms with E-state index < -0.39 is 0 Å². The number of nitrogens with zero attached hydrogens (tertiary/aromatic N) is 5. The molecule has 2 aromatic heterocycles. The molecule has 2 amide bonds. The Kier molecular flexibility index (Phi) is 5.13. The van der Waals surface area contributed by atoms with Gasteiger partial charge in [-0.15, -0.1) is 0 Å². The summed E-state index contributed by atoms with van der Waals surface area (Å²) in [6.07, 6.45) is 5.50. The Hall–Kier alpha value is -3.09. The molecule has 0 bridgehead atoms. The summed E-state index contributed by atoms with van der Waals surface area (Å²) in [4.78, 5) is 14.9. The van der Waals surface area contributed by atoms with Crippen molar-refractivity contribution in [1.82, 2.24) is 24.5 Å². The number of benzene rings is 1. The number of aromatic nitrogens is 4. The molecule has 0 saturated carbocycles. The van der Waals surface area contributed by atoms with Crippen molar-refractivity contribution in [3.05, 3.63) is 59.2 Å². The highest BCUT2D eigenvalue weighted by molar-refractivity contribution is 5.90. The molecule has 3 heterocycles. The number of aryl methyl sites for hydroxylation is 2. The third-order valence-corrected chi connectivity index (χ3v) is 5.48. The van der Waals surface area contributed by atoms with E-state index in [4.69, 9.17) is 0 Å². The van der Waals surface area contributed by atoms with Crippen LogP contribution in [0.3, 0.4) is 0 Å². The molecule has 0 fully saturated rings. The number of urea groups is 1. The van der Waals surface area contributed by atoms with Crippen molar-refractivity contribution in [2.24, 2.45) is 7.05 Å². The van der Waals surface area contributed by atoms with Gasteiger partial charge in [0.25, 0.3) is 0 Å². The molecule has 1 N–H and O–H groups in total. The predicted molar refractivity (Wildman–Crippen MR) is 113 cm³/mol. The molecule has 1 aliphatic rings. The molecule has 0 spiro atoms. The average Bonchev–Trinajstić information content (AvgIpc) is 3.17. The molecule has 7 nitrogen and oxygen atoms in total. The Labute approximate surface area is 171 Å². The average molecular weight is 393 g/mol. The molecule has 1 aliphatic heterocycles. The zero-order valence-corrected chi connectivity index (χ0v) is 17.5. The number of carbonyl (C=O) groups is 1. The molecule has 3 aromatic rings. The van der Waals surface area contributed by atoms with Crippen molar-refractivity contribution in [2.45, 2.75) is 46.1 Å². The second-order valence-electron chi connectivity index (χ2n) is 8.04. The molecule has 0 radical (unpaired) electrons. The van der Waals surface area contributed by atoms with E-state index in [-0.39, 0.29) is 11.9 Å². The summed E-state index contributed by atoms with van der Waals surface area (Å²) < 4.78 is 3.84. The Morgan fingerprint density at radius 2 is 2.03 bits per heavy atom. The quantitative estimate of drug-likeness (QED) is 0.732. The van der Waals surface area contributed by atoms with Gasteiger partial charge in [0, 0.05) is 24.8 Å². The molecule has 0 saturated heterocycles. The topological polar surface area (TPSA) is 68.0 Å². The maximum absolute atomic E-state index is 13.1. The minimum atomic E-state index is -0.0904. The third kappa shape index (κ3) is 3.77. The Bertz CT molecular complexity index is 1030. The lowest BCUT2D eigenvalue weighted by Crippen LogP contribution is -2.34. The van der Waals surface area contributed by atoms with Gasteiger partial charge in [0.05, 0.1) is 36.0 Å². The van der Waals surface area contributed by atoms with Gasteiger partial charge in [0.1, 0.15) is 0 Å². The first-order valence-corrected chi connectivity index (χ1v) is 10.1. The van der Waals surface area contributed by atoms with Crippen LogP contribution in [0.1, 0.15) is 48.7 Å². The number of hydrogen-bond acceptors (Lipinski definition) is 3. The summed E-state index contributed by atoms with van der Waals surface area (Å²) in [7, 11) is 1.96. The smallest absolute Gasteiger partial charge is 0.320 e. The van der Waals surface area contributed by atoms with Crippen molar-refractivity contribution in [3.8, 4) is 5.69 Å². The first-order valence-electron chi connectivity index (χ1n) is 10.1. The fraction of sp³-hybridized carbons (Fsp3) is 0.409. The van der Waals surface area contributed by atoms with Gasteiger partial charge in [0.15, 0.2) is 0 Å². The monoisotopic (exact) mass is 392 g/mol. The molecule has 152 valence electrons. The molecule has 0 atom stereocenters. The van der Waals surface area contributed by atoms with Gasteiger partial charge in [-0.3, -0.25) is 4.68 Å². The van der Waals surface area contributed by atoms with E-state index in [2.05, 4.69) is 48.4 Å². The van der Waals surface area contributed by atoms with Crippen LogP contribution in [0.2, 0.25) is 0 Å². The van der Waals surface area contributed by atoms with Gasteiger partial charge in [-0.25, -0.2) is 9.48 Å². The summed E-state index contributed by atoms with van der Waals surface area (Å²) in [5.41, 5.74) is 6.29. The van der Waals surface area contributed by atoms with Gasteiger partial charge in [-0.2, -0.15) is 10.2 Å². The Balaban J connectivity index is 1.58. The molecule has 29 heavy (non-hydrogen) atoms. The van der Waals surface area contributed by atoms with E-state index in [0.29, 0.717) is 6.54 Å². The Morgan fingerprint density at radius 1 is 1.21 bits per heavy atom. The van der Waals surface area contributed by atoms with E-state index in [1.165, 1.54) is 11.3 Å². The van der Waals surface area contributed by atoms with Crippen molar-refractivity contribution in [2.75, 3.05) is 11.9 Å². The van der Waals surface area contributed by atoms with Crippen LogP contribution in [-0.4, -0.2) is 37.0 Å². The SMILES string of the molecule is Cc1cccc(-n2ncc(NC(=O)N3CCCc4c(cnn4C)C3)c2C(C)C)c1. The van der Waals surface area contributed by atoms with Gasteiger partial charge in [0.2, 0.25) is 0 Å². The van der Waals surface area contributed by atoms with Crippen molar-refractivity contribution in [1.29, 1.82) is 0 Å². The molecular formula is C22H28N6O. The summed E-state index contributed by atoms with van der Waals surface area (Å²) in [5.74, 6) is 0.211. The molecule has 4 rings (SSSR count). The number of hydrogen-bond donors (Lipinski definition) is 1. The normalized spacial score (nSPS) is 14.0. The lowest BCUT2D eigenvalue weighted by atomic mass is 10.1. The second-order valence-corrected chi connectivity index (χ2v) is 8.04. The van der Waals surface area contributed by atoms with Crippen LogP contribution in [0, 0.1) is 6.92 Å². The molecular weight excluding hydrogens is 364 g/mol. The maximum Gasteiger partial charge on any atom is 0.322 e. The number of amides is 2. The zero-order chi connectivity index (χ0) is 20.5. The second kappa shape index (κ2) is 7.73. The number of fused-ring (bicyclic) bond motifs is 1. The number of anilines is 1. The Morgan fingerprint density at radius 3 is 2.79 bits per heavy atom. The van der Waals surface area contributed by atoms with Crippen LogP contribution in [0.5, 0.6) is 0 Å². The lowest BCUT2D eigenvalue weighted by molar-refractivity contribution is 0.210. The predicted octanol–water partition coefficient (Wildman–Crippen LogP) is 4.02. The minimum absolute atomic E-state index is 0.0904. The fourth-order valence-electron chi connectivity index (χ4n) is 4.03. The summed E-state index contributed by atoms with van der Waals surface area (Å²) in [6.45, 7) is 7.61. The maximum atomic E-state index is 13.1. The van der Waals surface area contributed by atoms with E-state index in [1.54, 1.807) is 6.20 Å². The van der Waals surface area contributed by atoms with Crippen LogP contribution < -0.4 is 5.32 Å². The highest BCUT2D eigenvalue weighted by atomic mass is 16.2. The minimum Gasteiger partial charge on any atom is -0.320 e. The molecule has 1 aromatic carbocycles. The van der Waals surface area contributed by atoms with Crippen LogP contribution in [0.25, 0.3) is 5.69 Å². The third-order valence-electron chi connectivity index (χ3n) is 5.48. The summed E-state index contributed by atoms with van der Waals surface area (Å²) in [5, 5.41) is 12.0. The van der Waals surface area contributed by atoms with E-state index in [1.807, 2.05) is 39.6 Å². The van der Waals surface area contributed by atoms with Gasteiger partial charge < -0.3 is 10.2 Å². The van der Waals surface area contributed by atoms with Gasteiger partial charge >= 0.3 is 6.03 Å². The van der Waals surface area contributed by atoms with Crippen LogP contribution in [-0.2, 0) is 20.0 Å². The first-order chi connectivity index (χ1) is 13.9. The van der Waals surface area contributed by atoms with Crippen LogP contribution in [0.15, 0.2) is 36.7 Å². The molecule has 0 aliphatic carbocycles. The largest absolute Gasteiger partial charge is 0.322 e. The van der Waals surface area contributed by atoms with E-state index in [0.717, 1.165) is 42.0 Å². The number of nitrogens with one attached hydrogen (secondary N) is 1. The van der Waals surface area contributed by atoms with Gasteiger partial charge in [-0.1, -0.05) is 26.0 Å². The van der Waals surface area contributed by atoms with Gasteiger partial charge in [-0.05, 0) is 43.4 Å².